The van der Waals surface area contributed by atoms with Gasteiger partial charge in [-0.05, 0) is 31.0 Å². The summed E-state index contributed by atoms with van der Waals surface area (Å²) in [6.07, 6.45) is 5.69. The number of nitrogens with zero attached hydrogens (tertiary/aromatic N) is 2. The Labute approximate surface area is 128 Å². The van der Waals surface area contributed by atoms with Gasteiger partial charge in [0.1, 0.15) is 17.8 Å². The summed E-state index contributed by atoms with van der Waals surface area (Å²) in [5, 5.41) is 6.37. The highest BCUT2D eigenvalue weighted by atomic mass is 16.5. The van der Waals surface area contributed by atoms with Crippen molar-refractivity contribution in [3.8, 4) is 0 Å². The Morgan fingerprint density at radius 2 is 2.32 bits per heavy atom. The third kappa shape index (κ3) is 3.25. The standard InChI is InChI=1S/C15H19N5O2/c1-10-2-6-17-14(10)15(21)20-11-4-7-22-8-12(11)19-13-3-5-16-9-18-13/h2-3,5-6,9,11-12,17H,4,7-8H2,1H3,(H,20,21)(H,16,18,19)/t11-,12+/m0/s1. The SMILES string of the molecule is Cc1cc[nH]c1C(=O)N[C@H]1CCOC[C@H]1Nc1ccncn1. The van der Waals surface area contributed by atoms with Gasteiger partial charge in [-0.1, -0.05) is 0 Å². The van der Waals surface area contributed by atoms with E-state index in [4.69, 9.17) is 4.74 Å². The average molecular weight is 301 g/mol. The Morgan fingerprint density at radius 3 is 3.05 bits per heavy atom. The minimum Gasteiger partial charge on any atom is -0.379 e. The Balaban J connectivity index is 1.67. The van der Waals surface area contributed by atoms with Gasteiger partial charge in [0.25, 0.3) is 5.91 Å². The predicted molar refractivity (Wildman–Crippen MR) is 81.7 cm³/mol. The lowest BCUT2D eigenvalue weighted by Crippen LogP contribution is -2.52. The molecule has 0 bridgehead atoms. The Bertz CT molecular complexity index is 628. The molecule has 0 saturated carbocycles. The maximum absolute atomic E-state index is 12.4. The molecule has 1 amide bonds. The molecule has 1 fully saturated rings. The summed E-state index contributed by atoms with van der Waals surface area (Å²) in [5.74, 6) is 0.629. The predicted octanol–water partition coefficient (Wildman–Crippen LogP) is 1.11. The van der Waals surface area contributed by atoms with E-state index in [0.717, 1.165) is 17.8 Å². The van der Waals surface area contributed by atoms with E-state index in [-0.39, 0.29) is 18.0 Å². The highest BCUT2D eigenvalue weighted by Crippen LogP contribution is 2.14. The van der Waals surface area contributed by atoms with Crippen LogP contribution in [0.25, 0.3) is 0 Å². The molecule has 0 unspecified atom stereocenters. The maximum Gasteiger partial charge on any atom is 0.268 e. The second-order valence-electron chi connectivity index (χ2n) is 5.32. The van der Waals surface area contributed by atoms with E-state index < -0.39 is 0 Å². The smallest absolute Gasteiger partial charge is 0.268 e. The summed E-state index contributed by atoms with van der Waals surface area (Å²) in [7, 11) is 0. The minimum absolute atomic E-state index is 0.0149. The molecule has 2 aromatic rings. The molecule has 3 N–H and O–H groups in total. The molecule has 1 saturated heterocycles. The molecule has 1 aliphatic heterocycles. The number of aromatic nitrogens is 3. The molecule has 1 aliphatic rings. The molecular weight excluding hydrogens is 282 g/mol. The first-order chi connectivity index (χ1) is 10.7. The topological polar surface area (TPSA) is 91.9 Å². The van der Waals surface area contributed by atoms with Crippen molar-refractivity contribution in [3.63, 3.8) is 0 Å². The molecule has 22 heavy (non-hydrogen) atoms. The van der Waals surface area contributed by atoms with Crippen molar-refractivity contribution >= 4 is 11.7 Å². The van der Waals surface area contributed by atoms with Crippen LogP contribution in [0.15, 0.2) is 30.9 Å². The number of carbonyl (C=O) groups excluding carboxylic acids is 1. The summed E-state index contributed by atoms with van der Waals surface area (Å²) in [6, 6.07) is 3.64. The van der Waals surface area contributed by atoms with Gasteiger partial charge in [-0.15, -0.1) is 0 Å². The molecule has 7 nitrogen and oxygen atoms in total. The van der Waals surface area contributed by atoms with E-state index in [1.807, 2.05) is 13.0 Å². The number of aryl methyl sites for hydroxylation is 1. The second-order valence-corrected chi connectivity index (χ2v) is 5.32. The third-order valence-corrected chi connectivity index (χ3v) is 3.77. The van der Waals surface area contributed by atoms with Crippen molar-refractivity contribution in [2.45, 2.75) is 25.4 Å². The average Bonchev–Trinajstić information content (AvgIpc) is 2.96. The van der Waals surface area contributed by atoms with Crippen LogP contribution in [0.3, 0.4) is 0 Å². The zero-order valence-electron chi connectivity index (χ0n) is 12.4. The molecule has 0 radical (unpaired) electrons. The summed E-state index contributed by atoms with van der Waals surface area (Å²) in [6.45, 7) is 3.07. The van der Waals surface area contributed by atoms with Gasteiger partial charge in [0.2, 0.25) is 0 Å². The fourth-order valence-electron chi connectivity index (χ4n) is 2.55. The number of anilines is 1. The van der Waals surface area contributed by atoms with Crippen LogP contribution < -0.4 is 10.6 Å². The van der Waals surface area contributed by atoms with Crippen molar-refractivity contribution in [1.29, 1.82) is 0 Å². The summed E-state index contributed by atoms with van der Waals surface area (Å²) in [5.41, 5.74) is 1.54. The van der Waals surface area contributed by atoms with E-state index >= 15 is 0 Å². The molecular formula is C15H19N5O2. The van der Waals surface area contributed by atoms with Crippen molar-refractivity contribution in [1.82, 2.24) is 20.3 Å². The van der Waals surface area contributed by atoms with Crippen molar-refractivity contribution in [2.75, 3.05) is 18.5 Å². The first kappa shape index (κ1) is 14.5. The molecule has 7 heteroatoms. The molecule has 0 aliphatic carbocycles. The number of hydrogen-bond donors (Lipinski definition) is 3. The molecule has 3 rings (SSSR count). The van der Waals surface area contributed by atoms with Crippen LogP contribution in [-0.2, 0) is 4.74 Å². The normalized spacial score (nSPS) is 21.3. The molecule has 2 atom stereocenters. The maximum atomic E-state index is 12.4. The number of H-pyrrole nitrogens is 1. The van der Waals surface area contributed by atoms with Crippen LogP contribution in [-0.4, -0.2) is 46.2 Å². The number of rotatable bonds is 4. The third-order valence-electron chi connectivity index (χ3n) is 3.77. The molecule has 0 spiro atoms. The van der Waals surface area contributed by atoms with Crippen molar-refractivity contribution in [2.24, 2.45) is 0 Å². The zero-order valence-corrected chi connectivity index (χ0v) is 12.4. The summed E-state index contributed by atoms with van der Waals surface area (Å²) < 4.78 is 5.52. The zero-order chi connectivity index (χ0) is 15.4. The van der Waals surface area contributed by atoms with Crippen molar-refractivity contribution < 1.29 is 9.53 Å². The Morgan fingerprint density at radius 1 is 1.41 bits per heavy atom. The van der Waals surface area contributed by atoms with E-state index in [1.54, 1.807) is 18.5 Å². The van der Waals surface area contributed by atoms with Gasteiger partial charge in [0, 0.05) is 19.0 Å². The fourth-order valence-corrected chi connectivity index (χ4v) is 2.55. The monoisotopic (exact) mass is 301 g/mol. The molecule has 0 aromatic carbocycles. The van der Waals surface area contributed by atoms with E-state index in [1.165, 1.54) is 6.33 Å². The number of amides is 1. The van der Waals surface area contributed by atoms with Crippen LogP contribution in [0.2, 0.25) is 0 Å². The van der Waals surface area contributed by atoms with Crippen LogP contribution in [0.4, 0.5) is 5.82 Å². The lowest BCUT2D eigenvalue weighted by Gasteiger charge is -2.33. The molecule has 2 aromatic heterocycles. The highest BCUT2D eigenvalue weighted by molar-refractivity contribution is 5.94. The van der Waals surface area contributed by atoms with Crippen molar-refractivity contribution in [3.05, 3.63) is 42.1 Å². The number of carbonyl (C=O) groups is 1. The quantitative estimate of drug-likeness (QED) is 0.787. The Hall–Kier alpha value is -2.41. The van der Waals surface area contributed by atoms with Crippen LogP contribution in [0, 0.1) is 6.92 Å². The minimum atomic E-state index is -0.0936. The number of ether oxygens (including phenoxy) is 1. The van der Waals surface area contributed by atoms with Gasteiger partial charge in [-0.3, -0.25) is 4.79 Å². The van der Waals surface area contributed by atoms with Gasteiger partial charge in [0.05, 0.1) is 18.7 Å². The number of aromatic amines is 1. The highest BCUT2D eigenvalue weighted by Gasteiger charge is 2.28. The lowest BCUT2D eigenvalue weighted by molar-refractivity contribution is 0.0618. The summed E-state index contributed by atoms with van der Waals surface area (Å²) >= 11 is 0. The number of nitrogens with one attached hydrogen (secondary N) is 3. The first-order valence-electron chi connectivity index (χ1n) is 7.29. The van der Waals surface area contributed by atoms with Gasteiger partial charge in [-0.25, -0.2) is 9.97 Å². The van der Waals surface area contributed by atoms with Crippen LogP contribution >= 0.6 is 0 Å². The largest absolute Gasteiger partial charge is 0.379 e. The molecule has 3 heterocycles. The van der Waals surface area contributed by atoms with Gasteiger partial charge >= 0.3 is 0 Å². The second kappa shape index (κ2) is 6.57. The lowest BCUT2D eigenvalue weighted by atomic mass is 10.0. The number of hydrogen-bond acceptors (Lipinski definition) is 5. The first-order valence-corrected chi connectivity index (χ1v) is 7.29. The fraction of sp³-hybridized carbons (Fsp3) is 0.400. The molecule has 116 valence electrons. The van der Waals surface area contributed by atoms with Crippen LogP contribution in [0.1, 0.15) is 22.5 Å². The van der Waals surface area contributed by atoms with Gasteiger partial charge < -0.3 is 20.4 Å². The summed E-state index contributed by atoms with van der Waals surface area (Å²) in [4.78, 5) is 23.4. The van der Waals surface area contributed by atoms with Crippen LogP contribution in [0.5, 0.6) is 0 Å². The van der Waals surface area contributed by atoms with Gasteiger partial charge in [0.15, 0.2) is 0 Å². The Kier molecular flexibility index (Phi) is 4.34. The van der Waals surface area contributed by atoms with Gasteiger partial charge in [-0.2, -0.15) is 0 Å². The van der Waals surface area contributed by atoms with E-state index in [0.29, 0.717) is 18.9 Å². The van der Waals surface area contributed by atoms with E-state index in [2.05, 4.69) is 25.6 Å². The van der Waals surface area contributed by atoms with E-state index in [9.17, 15) is 4.79 Å².